The van der Waals surface area contributed by atoms with E-state index in [4.69, 9.17) is 15.2 Å². The fraction of sp³-hybridized carbons (Fsp3) is 0.286. The molecule has 3 rings (SSSR count). The average Bonchev–Trinajstić information content (AvgIpc) is 2.51. The molecule has 2 aromatic rings. The Bertz CT molecular complexity index is 571. The molecule has 6 heteroatoms. The minimum atomic E-state index is 0.410. The summed E-state index contributed by atoms with van der Waals surface area (Å²) in [5.41, 5.74) is 5.90. The van der Waals surface area contributed by atoms with Crippen molar-refractivity contribution in [2.24, 2.45) is 0 Å². The molecular weight excluding hydrogens is 256 g/mol. The molecular formula is C14H16N4O2. The highest BCUT2D eigenvalue weighted by molar-refractivity contribution is 5.58. The Hall–Kier alpha value is -2.34. The maximum Gasteiger partial charge on any atom is 0.239 e. The molecule has 1 aromatic heterocycles. The van der Waals surface area contributed by atoms with Gasteiger partial charge in [-0.2, -0.15) is 4.98 Å². The van der Waals surface area contributed by atoms with Gasteiger partial charge in [0, 0.05) is 13.1 Å². The third kappa shape index (κ3) is 2.80. The number of anilines is 2. The summed E-state index contributed by atoms with van der Waals surface area (Å²) in [6.45, 7) is 2.86. The third-order valence-corrected chi connectivity index (χ3v) is 3.04. The summed E-state index contributed by atoms with van der Waals surface area (Å²) in [6, 6.07) is 9.48. The lowest BCUT2D eigenvalue weighted by atomic mass is 10.3. The zero-order valence-corrected chi connectivity index (χ0v) is 11.0. The van der Waals surface area contributed by atoms with Crippen LogP contribution in [0.15, 0.2) is 36.5 Å². The number of para-hydroxylation sites is 1. The van der Waals surface area contributed by atoms with E-state index >= 15 is 0 Å². The number of ether oxygens (including phenoxy) is 2. The van der Waals surface area contributed by atoms with Crippen LogP contribution >= 0.6 is 0 Å². The van der Waals surface area contributed by atoms with Gasteiger partial charge in [0.15, 0.2) is 11.6 Å². The topological polar surface area (TPSA) is 73.5 Å². The van der Waals surface area contributed by atoms with Crippen LogP contribution in [-0.2, 0) is 4.74 Å². The van der Waals surface area contributed by atoms with Gasteiger partial charge in [-0.15, -0.1) is 0 Å². The fourth-order valence-corrected chi connectivity index (χ4v) is 2.04. The zero-order chi connectivity index (χ0) is 13.8. The summed E-state index contributed by atoms with van der Waals surface area (Å²) in [5.74, 6) is 2.22. The Balaban J connectivity index is 1.82. The average molecular weight is 272 g/mol. The Morgan fingerprint density at radius 3 is 2.65 bits per heavy atom. The predicted molar refractivity (Wildman–Crippen MR) is 76.0 cm³/mol. The first-order valence-corrected chi connectivity index (χ1v) is 6.51. The van der Waals surface area contributed by atoms with Crippen LogP contribution in [0.2, 0.25) is 0 Å². The van der Waals surface area contributed by atoms with E-state index < -0.39 is 0 Å². The molecule has 0 saturated carbocycles. The number of nitrogens with zero attached hydrogens (tertiary/aromatic N) is 3. The highest BCUT2D eigenvalue weighted by atomic mass is 16.5. The van der Waals surface area contributed by atoms with Gasteiger partial charge in [-0.3, -0.25) is 0 Å². The second-order valence-corrected chi connectivity index (χ2v) is 4.43. The minimum Gasteiger partial charge on any atom is -0.437 e. The summed E-state index contributed by atoms with van der Waals surface area (Å²) in [4.78, 5) is 10.7. The first-order chi connectivity index (χ1) is 9.83. The molecule has 0 unspecified atom stereocenters. The van der Waals surface area contributed by atoms with E-state index in [0.717, 1.165) is 18.8 Å². The van der Waals surface area contributed by atoms with Gasteiger partial charge in [0.05, 0.1) is 19.4 Å². The minimum absolute atomic E-state index is 0.410. The number of rotatable bonds is 3. The van der Waals surface area contributed by atoms with E-state index in [1.807, 2.05) is 30.3 Å². The summed E-state index contributed by atoms with van der Waals surface area (Å²) >= 11 is 0. The Labute approximate surface area is 117 Å². The molecule has 0 radical (unpaired) electrons. The predicted octanol–water partition coefficient (Wildman–Crippen LogP) is 1.69. The summed E-state index contributed by atoms with van der Waals surface area (Å²) in [7, 11) is 0. The molecule has 0 aliphatic carbocycles. The van der Waals surface area contributed by atoms with Crippen molar-refractivity contribution in [2.45, 2.75) is 0 Å². The maximum absolute atomic E-state index is 5.90. The number of benzene rings is 1. The largest absolute Gasteiger partial charge is 0.437 e. The van der Waals surface area contributed by atoms with Gasteiger partial charge < -0.3 is 20.1 Å². The second kappa shape index (κ2) is 5.75. The standard InChI is InChI=1S/C14H16N4O2/c15-13-14(18-6-8-19-9-7-18)17-12(10-16-13)20-11-4-2-1-3-5-11/h1-5,10H,6-9H2,(H2,15,16). The molecule has 2 N–H and O–H groups in total. The van der Waals surface area contributed by atoms with Crippen LogP contribution < -0.4 is 15.4 Å². The third-order valence-electron chi connectivity index (χ3n) is 3.04. The molecule has 20 heavy (non-hydrogen) atoms. The number of aromatic nitrogens is 2. The fourth-order valence-electron chi connectivity index (χ4n) is 2.04. The van der Waals surface area contributed by atoms with Crippen molar-refractivity contribution in [3.63, 3.8) is 0 Å². The van der Waals surface area contributed by atoms with E-state index in [0.29, 0.717) is 30.7 Å². The molecule has 1 aromatic carbocycles. The molecule has 0 amide bonds. The maximum atomic E-state index is 5.90. The molecule has 6 nitrogen and oxygen atoms in total. The van der Waals surface area contributed by atoms with Crippen LogP contribution in [0.5, 0.6) is 11.6 Å². The van der Waals surface area contributed by atoms with Crippen LogP contribution in [0.1, 0.15) is 0 Å². The highest BCUT2D eigenvalue weighted by Gasteiger charge is 2.17. The molecule has 1 saturated heterocycles. The van der Waals surface area contributed by atoms with Crippen molar-refractivity contribution in [3.8, 4) is 11.6 Å². The van der Waals surface area contributed by atoms with Gasteiger partial charge >= 0.3 is 0 Å². The lowest BCUT2D eigenvalue weighted by Gasteiger charge is -2.28. The van der Waals surface area contributed by atoms with Gasteiger partial charge in [-0.05, 0) is 12.1 Å². The Kier molecular flexibility index (Phi) is 3.64. The van der Waals surface area contributed by atoms with Gasteiger partial charge in [0.1, 0.15) is 5.75 Å². The number of nitrogens with two attached hydrogens (primary N) is 1. The molecule has 1 fully saturated rings. The van der Waals surface area contributed by atoms with Crippen molar-refractivity contribution in [1.82, 2.24) is 9.97 Å². The van der Waals surface area contributed by atoms with E-state index in [1.165, 1.54) is 6.20 Å². The highest BCUT2D eigenvalue weighted by Crippen LogP contribution is 2.25. The van der Waals surface area contributed by atoms with Crippen LogP contribution in [0.3, 0.4) is 0 Å². The molecule has 1 aliphatic heterocycles. The Morgan fingerprint density at radius 1 is 1.15 bits per heavy atom. The number of hydrogen-bond acceptors (Lipinski definition) is 6. The summed E-state index contributed by atoms with van der Waals surface area (Å²) in [5, 5.41) is 0. The Morgan fingerprint density at radius 2 is 1.90 bits per heavy atom. The van der Waals surface area contributed by atoms with E-state index in [-0.39, 0.29) is 0 Å². The van der Waals surface area contributed by atoms with Crippen LogP contribution in [0, 0.1) is 0 Å². The SMILES string of the molecule is Nc1ncc(Oc2ccccc2)nc1N1CCOCC1. The monoisotopic (exact) mass is 272 g/mol. The van der Waals surface area contributed by atoms with E-state index in [2.05, 4.69) is 14.9 Å². The van der Waals surface area contributed by atoms with Crippen LogP contribution in [0.4, 0.5) is 11.6 Å². The first-order valence-electron chi connectivity index (χ1n) is 6.51. The molecule has 0 atom stereocenters. The van der Waals surface area contributed by atoms with Crippen molar-refractivity contribution >= 4 is 11.6 Å². The van der Waals surface area contributed by atoms with Crippen molar-refractivity contribution in [2.75, 3.05) is 36.9 Å². The first kappa shape index (κ1) is 12.7. The second-order valence-electron chi connectivity index (χ2n) is 4.43. The zero-order valence-electron chi connectivity index (χ0n) is 11.0. The van der Waals surface area contributed by atoms with E-state index in [1.54, 1.807) is 0 Å². The summed E-state index contributed by atoms with van der Waals surface area (Å²) in [6.07, 6.45) is 1.53. The molecule has 104 valence electrons. The lowest BCUT2D eigenvalue weighted by Crippen LogP contribution is -2.37. The number of hydrogen-bond donors (Lipinski definition) is 1. The molecule has 2 heterocycles. The van der Waals surface area contributed by atoms with Gasteiger partial charge in [-0.25, -0.2) is 4.98 Å². The van der Waals surface area contributed by atoms with Gasteiger partial charge in [0.2, 0.25) is 5.88 Å². The molecule has 0 spiro atoms. The van der Waals surface area contributed by atoms with E-state index in [9.17, 15) is 0 Å². The van der Waals surface area contributed by atoms with Crippen molar-refractivity contribution in [3.05, 3.63) is 36.5 Å². The number of nitrogen functional groups attached to an aromatic ring is 1. The van der Waals surface area contributed by atoms with Gasteiger partial charge in [0.25, 0.3) is 0 Å². The lowest BCUT2D eigenvalue weighted by molar-refractivity contribution is 0.122. The smallest absolute Gasteiger partial charge is 0.239 e. The molecule has 1 aliphatic rings. The summed E-state index contributed by atoms with van der Waals surface area (Å²) < 4.78 is 11.0. The molecule has 0 bridgehead atoms. The quantitative estimate of drug-likeness (QED) is 0.916. The number of morpholine rings is 1. The van der Waals surface area contributed by atoms with Crippen LogP contribution in [0.25, 0.3) is 0 Å². The van der Waals surface area contributed by atoms with Crippen LogP contribution in [-0.4, -0.2) is 36.3 Å². The normalized spacial score (nSPS) is 15.1. The van der Waals surface area contributed by atoms with Crippen molar-refractivity contribution < 1.29 is 9.47 Å². The van der Waals surface area contributed by atoms with Gasteiger partial charge in [-0.1, -0.05) is 18.2 Å². The van der Waals surface area contributed by atoms with Crippen molar-refractivity contribution in [1.29, 1.82) is 0 Å².